The number of ketones is 1. The lowest BCUT2D eigenvalue weighted by molar-refractivity contribution is -0.152. The Bertz CT molecular complexity index is 220. The third kappa shape index (κ3) is 1.44. The summed E-state index contributed by atoms with van der Waals surface area (Å²) in [4.78, 5) is 31.6. The first-order chi connectivity index (χ1) is 5.52. The van der Waals surface area contributed by atoms with Crippen LogP contribution < -0.4 is 0 Å². The van der Waals surface area contributed by atoms with Gasteiger partial charge in [-0.15, -0.1) is 0 Å². The molecule has 1 aliphatic rings. The second-order valence-electron chi connectivity index (χ2n) is 2.84. The summed E-state index contributed by atoms with van der Waals surface area (Å²) in [6.45, 7) is 0. The molecule has 1 saturated carbocycles. The summed E-state index contributed by atoms with van der Waals surface area (Å²) in [5.41, 5.74) is 0. The molecule has 0 aromatic heterocycles. The number of hydrogen-bond acceptors (Lipinski definition) is 3. The molecule has 1 fully saturated rings. The minimum atomic E-state index is -1.20. The SMILES string of the molecule is O=C1CC(C(=O)O)[C@H](C(=O)O)C1. The number of aliphatic carboxylic acids is 2. The Labute approximate surface area is 68.0 Å². The maximum atomic E-state index is 10.7. The zero-order chi connectivity index (χ0) is 9.30. The zero-order valence-electron chi connectivity index (χ0n) is 6.19. The third-order valence-corrected chi connectivity index (χ3v) is 2.02. The van der Waals surface area contributed by atoms with Gasteiger partial charge in [-0.1, -0.05) is 0 Å². The van der Waals surface area contributed by atoms with Crippen molar-refractivity contribution in [3.63, 3.8) is 0 Å². The molecule has 0 heterocycles. The van der Waals surface area contributed by atoms with Crippen molar-refractivity contribution in [1.82, 2.24) is 0 Å². The minimum Gasteiger partial charge on any atom is -0.481 e. The highest BCUT2D eigenvalue weighted by atomic mass is 16.4. The van der Waals surface area contributed by atoms with Gasteiger partial charge in [-0.2, -0.15) is 0 Å². The molecule has 2 N–H and O–H groups in total. The number of Topliss-reactive ketones (excluding diaryl/α,β-unsaturated/α-hetero) is 1. The second kappa shape index (κ2) is 2.92. The maximum Gasteiger partial charge on any atom is 0.307 e. The summed E-state index contributed by atoms with van der Waals surface area (Å²) in [5, 5.41) is 17.1. The molecule has 5 nitrogen and oxygen atoms in total. The van der Waals surface area contributed by atoms with Gasteiger partial charge in [0.1, 0.15) is 5.78 Å². The molecule has 0 saturated heterocycles. The summed E-state index contributed by atoms with van der Waals surface area (Å²) in [6, 6.07) is 0. The summed E-state index contributed by atoms with van der Waals surface area (Å²) in [6.07, 6.45) is -0.293. The standard InChI is InChI=1S/C7H8O5/c8-3-1-4(6(9)10)5(2-3)7(11)12/h4-5H,1-2H2,(H,9,10)(H,11,12)/t4-,5?/m1/s1. The second-order valence-corrected chi connectivity index (χ2v) is 2.84. The zero-order valence-corrected chi connectivity index (χ0v) is 6.19. The van der Waals surface area contributed by atoms with E-state index in [4.69, 9.17) is 10.2 Å². The highest BCUT2D eigenvalue weighted by molar-refractivity contribution is 5.94. The first-order valence-electron chi connectivity index (χ1n) is 3.49. The number of rotatable bonds is 2. The van der Waals surface area contributed by atoms with Crippen LogP contribution in [0.3, 0.4) is 0 Å². The van der Waals surface area contributed by atoms with Gasteiger partial charge in [0.05, 0.1) is 11.8 Å². The third-order valence-electron chi connectivity index (χ3n) is 2.02. The van der Waals surface area contributed by atoms with Gasteiger partial charge in [0.25, 0.3) is 0 Å². The Morgan fingerprint density at radius 2 is 1.42 bits per heavy atom. The summed E-state index contributed by atoms with van der Waals surface area (Å²) < 4.78 is 0. The van der Waals surface area contributed by atoms with E-state index in [9.17, 15) is 14.4 Å². The van der Waals surface area contributed by atoms with Crippen LogP contribution in [0.1, 0.15) is 12.8 Å². The average molecular weight is 172 g/mol. The lowest BCUT2D eigenvalue weighted by Gasteiger charge is -2.07. The molecule has 1 unspecified atom stereocenters. The van der Waals surface area contributed by atoms with Crippen molar-refractivity contribution in [2.45, 2.75) is 12.8 Å². The fourth-order valence-corrected chi connectivity index (χ4v) is 1.38. The fourth-order valence-electron chi connectivity index (χ4n) is 1.38. The van der Waals surface area contributed by atoms with Gasteiger partial charge >= 0.3 is 11.9 Å². The normalized spacial score (nSPS) is 28.8. The molecule has 0 aromatic carbocycles. The van der Waals surface area contributed by atoms with E-state index < -0.39 is 23.8 Å². The van der Waals surface area contributed by atoms with Crippen LogP contribution in [-0.4, -0.2) is 27.9 Å². The molecule has 0 aromatic rings. The van der Waals surface area contributed by atoms with E-state index in [-0.39, 0.29) is 18.6 Å². The van der Waals surface area contributed by atoms with E-state index in [1.807, 2.05) is 0 Å². The predicted octanol–water partition coefficient (Wildman–Crippen LogP) is -0.249. The topological polar surface area (TPSA) is 91.7 Å². The lowest BCUT2D eigenvalue weighted by atomic mass is 9.97. The highest BCUT2D eigenvalue weighted by Gasteiger charge is 2.42. The summed E-state index contributed by atoms with van der Waals surface area (Å²) >= 11 is 0. The van der Waals surface area contributed by atoms with Crippen molar-refractivity contribution >= 4 is 17.7 Å². The number of hydrogen-bond donors (Lipinski definition) is 2. The molecular weight excluding hydrogens is 164 g/mol. The highest BCUT2D eigenvalue weighted by Crippen LogP contribution is 2.29. The Morgan fingerprint density at radius 3 is 1.67 bits per heavy atom. The van der Waals surface area contributed by atoms with Crippen LogP contribution in [0.5, 0.6) is 0 Å². The molecule has 66 valence electrons. The smallest absolute Gasteiger partial charge is 0.307 e. The monoisotopic (exact) mass is 172 g/mol. The molecule has 0 bridgehead atoms. The van der Waals surface area contributed by atoms with Crippen LogP contribution in [0, 0.1) is 11.8 Å². The molecule has 2 atom stereocenters. The Balaban J connectivity index is 2.79. The van der Waals surface area contributed by atoms with E-state index in [2.05, 4.69) is 0 Å². The van der Waals surface area contributed by atoms with Crippen molar-refractivity contribution in [2.24, 2.45) is 11.8 Å². The van der Waals surface area contributed by atoms with Gasteiger partial charge in [-0.3, -0.25) is 14.4 Å². The molecular formula is C7H8O5. The first-order valence-corrected chi connectivity index (χ1v) is 3.49. The van der Waals surface area contributed by atoms with Gasteiger partial charge in [0.2, 0.25) is 0 Å². The van der Waals surface area contributed by atoms with Crippen molar-refractivity contribution in [3.8, 4) is 0 Å². The summed E-state index contributed by atoms with van der Waals surface area (Å²) in [7, 11) is 0. The summed E-state index contributed by atoms with van der Waals surface area (Å²) in [5.74, 6) is -4.75. The van der Waals surface area contributed by atoms with Gasteiger partial charge < -0.3 is 10.2 Å². The van der Waals surface area contributed by atoms with E-state index in [0.717, 1.165) is 0 Å². The molecule has 5 heteroatoms. The predicted molar refractivity (Wildman–Crippen MR) is 36.5 cm³/mol. The Morgan fingerprint density at radius 1 is 1.08 bits per heavy atom. The van der Waals surface area contributed by atoms with Gasteiger partial charge in [-0.05, 0) is 0 Å². The number of carbonyl (C=O) groups excluding carboxylic acids is 1. The molecule has 1 aliphatic carbocycles. The Hall–Kier alpha value is -1.39. The van der Waals surface area contributed by atoms with Crippen molar-refractivity contribution in [3.05, 3.63) is 0 Å². The van der Waals surface area contributed by atoms with Crippen LogP contribution in [0.4, 0.5) is 0 Å². The molecule has 0 aliphatic heterocycles. The van der Waals surface area contributed by atoms with E-state index in [1.54, 1.807) is 0 Å². The number of carboxylic acids is 2. The number of carboxylic acid groups (broad SMARTS) is 2. The lowest BCUT2D eigenvalue weighted by Crippen LogP contribution is -2.24. The van der Waals surface area contributed by atoms with Crippen LogP contribution in [0.15, 0.2) is 0 Å². The first kappa shape index (κ1) is 8.70. The quantitative estimate of drug-likeness (QED) is 0.599. The minimum absolute atomic E-state index is 0.147. The van der Waals surface area contributed by atoms with Crippen LogP contribution in [0.25, 0.3) is 0 Å². The molecule has 12 heavy (non-hydrogen) atoms. The average Bonchev–Trinajstić information content (AvgIpc) is 2.31. The van der Waals surface area contributed by atoms with Crippen molar-refractivity contribution < 1.29 is 24.6 Å². The van der Waals surface area contributed by atoms with Crippen molar-refractivity contribution in [1.29, 1.82) is 0 Å². The molecule has 0 amide bonds. The van der Waals surface area contributed by atoms with Crippen LogP contribution >= 0.6 is 0 Å². The fraction of sp³-hybridized carbons (Fsp3) is 0.571. The molecule has 0 radical (unpaired) electrons. The van der Waals surface area contributed by atoms with E-state index in [1.165, 1.54) is 0 Å². The Kier molecular flexibility index (Phi) is 2.12. The number of carbonyl (C=O) groups is 3. The van der Waals surface area contributed by atoms with E-state index >= 15 is 0 Å². The largest absolute Gasteiger partial charge is 0.481 e. The van der Waals surface area contributed by atoms with Gasteiger partial charge in [-0.25, -0.2) is 0 Å². The maximum absolute atomic E-state index is 10.7. The van der Waals surface area contributed by atoms with E-state index in [0.29, 0.717) is 0 Å². The van der Waals surface area contributed by atoms with Gasteiger partial charge in [0, 0.05) is 12.8 Å². The molecule has 1 rings (SSSR count). The van der Waals surface area contributed by atoms with Crippen LogP contribution in [0.2, 0.25) is 0 Å². The molecule has 0 spiro atoms. The van der Waals surface area contributed by atoms with Gasteiger partial charge in [0.15, 0.2) is 0 Å². The van der Waals surface area contributed by atoms with Crippen LogP contribution in [-0.2, 0) is 14.4 Å². The van der Waals surface area contributed by atoms with Crippen molar-refractivity contribution in [2.75, 3.05) is 0 Å².